The molecule has 0 aromatic heterocycles. The third kappa shape index (κ3) is 7.62. The fourth-order valence-corrected chi connectivity index (χ4v) is 3.90. The highest BCUT2D eigenvalue weighted by Gasteiger charge is 2.23. The number of hydrogen-bond donors (Lipinski definition) is 1. The van der Waals surface area contributed by atoms with Gasteiger partial charge in [0.05, 0.1) is 0 Å². The Kier molecular flexibility index (Phi) is 8.77. The van der Waals surface area contributed by atoms with E-state index in [1.807, 2.05) is 18.7 Å². The number of piperazine rings is 1. The number of piperidine rings is 1. The number of nitrogens with one attached hydrogen (secondary N) is 1. The molecule has 0 unspecified atom stereocenters. The van der Waals surface area contributed by atoms with Crippen molar-refractivity contribution < 1.29 is 9.59 Å². The minimum Gasteiger partial charge on any atom is -0.350 e. The van der Waals surface area contributed by atoms with E-state index >= 15 is 0 Å². The Labute approximate surface area is 164 Å². The monoisotopic (exact) mass is 378 g/mol. The van der Waals surface area contributed by atoms with Crippen LogP contribution in [0.3, 0.4) is 0 Å². The van der Waals surface area contributed by atoms with Crippen LogP contribution >= 0.6 is 0 Å². The molecule has 2 heterocycles. The number of rotatable bonds is 7. The highest BCUT2D eigenvalue weighted by molar-refractivity contribution is 5.96. The number of amides is 2. The van der Waals surface area contributed by atoms with Crippen LogP contribution in [0.5, 0.6) is 0 Å². The zero-order valence-electron chi connectivity index (χ0n) is 17.6. The number of hydrogen-bond acceptors (Lipinski definition) is 4. The Morgan fingerprint density at radius 2 is 1.59 bits per heavy atom. The molecular formula is C21H38N4O2. The zero-order valence-corrected chi connectivity index (χ0v) is 17.6. The van der Waals surface area contributed by atoms with Gasteiger partial charge in [0.15, 0.2) is 0 Å². The highest BCUT2D eigenvalue weighted by atomic mass is 16.2. The van der Waals surface area contributed by atoms with Gasteiger partial charge < -0.3 is 15.1 Å². The molecule has 2 saturated heterocycles. The number of carbonyl (C=O) groups excluding carboxylic acids is 2. The Balaban J connectivity index is 1.63. The van der Waals surface area contributed by atoms with E-state index in [4.69, 9.17) is 0 Å². The van der Waals surface area contributed by atoms with Crippen LogP contribution in [0.4, 0.5) is 0 Å². The molecule has 0 spiro atoms. The molecule has 6 heteroatoms. The number of carbonyl (C=O) groups is 2. The lowest BCUT2D eigenvalue weighted by atomic mass is 9.93. The standard InChI is InChI=1S/C21H38N4O2/c1-17(2)22-20(26)5-6-21(27)25-11-8-19(9-12-25)7-10-23-13-15-24(16-14-23)18(3)4/h5-6,17-19H,7-16H2,1-4H3,(H,22,26)/b6-5+. The third-order valence-corrected chi connectivity index (χ3v) is 5.73. The van der Waals surface area contributed by atoms with Gasteiger partial charge in [-0.25, -0.2) is 0 Å². The smallest absolute Gasteiger partial charge is 0.246 e. The minimum absolute atomic E-state index is 0.0443. The van der Waals surface area contributed by atoms with Gasteiger partial charge in [-0.2, -0.15) is 0 Å². The maximum atomic E-state index is 12.2. The van der Waals surface area contributed by atoms with Gasteiger partial charge in [0.1, 0.15) is 0 Å². The molecule has 27 heavy (non-hydrogen) atoms. The van der Waals surface area contributed by atoms with Gasteiger partial charge in [-0.1, -0.05) is 0 Å². The Morgan fingerprint density at radius 3 is 2.15 bits per heavy atom. The van der Waals surface area contributed by atoms with Gasteiger partial charge in [-0.15, -0.1) is 0 Å². The predicted molar refractivity (Wildman–Crippen MR) is 109 cm³/mol. The van der Waals surface area contributed by atoms with E-state index in [1.54, 1.807) is 0 Å². The van der Waals surface area contributed by atoms with E-state index in [9.17, 15) is 9.59 Å². The second-order valence-electron chi connectivity index (χ2n) is 8.53. The van der Waals surface area contributed by atoms with Crippen molar-refractivity contribution in [1.82, 2.24) is 20.0 Å². The van der Waals surface area contributed by atoms with Crippen molar-refractivity contribution in [3.8, 4) is 0 Å². The molecule has 0 aromatic carbocycles. The fraction of sp³-hybridized carbons (Fsp3) is 0.810. The second-order valence-corrected chi connectivity index (χ2v) is 8.53. The van der Waals surface area contributed by atoms with Crippen molar-refractivity contribution in [3.05, 3.63) is 12.2 Å². The molecule has 0 aliphatic carbocycles. The van der Waals surface area contributed by atoms with Crippen LogP contribution in [0.15, 0.2) is 12.2 Å². The van der Waals surface area contributed by atoms with E-state index in [-0.39, 0.29) is 17.9 Å². The van der Waals surface area contributed by atoms with E-state index in [1.165, 1.54) is 51.3 Å². The lowest BCUT2D eigenvalue weighted by Crippen LogP contribution is -2.49. The highest BCUT2D eigenvalue weighted by Crippen LogP contribution is 2.21. The van der Waals surface area contributed by atoms with Gasteiger partial charge in [0.2, 0.25) is 11.8 Å². The topological polar surface area (TPSA) is 55.9 Å². The molecule has 0 aromatic rings. The Morgan fingerprint density at radius 1 is 0.963 bits per heavy atom. The molecule has 0 bridgehead atoms. The summed E-state index contributed by atoms with van der Waals surface area (Å²) in [5, 5.41) is 2.76. The van der Waals surface area contributed by atoms with Crippen LogP contribution in [-0.2, 0) is 9.59 Å². The maximum absolute atomic E-state index is 12.2. The summed E-state index contributed by atoms with van der Waals surface area (Å²) in [6.45, 7) is 15.9. The third-order valence-electron chi connectivity index (χ3n) is 5.73. The summed E-state index contributed by atoms with van der Waals surface area (Å²) in [6, 6.07) is 0.737. The van der Waals surface area contributed by atoms with E-state index in [0.717, 1.165) is 25.9 Å². The molecule has 0 saturated carbocycles. The first-order valence-electron chi connectivity index (χ1n) is 10.6. The van der Waals surface area contributed by atoms with E-state index in [0.29, 0.717) is 12.0 Å². The zero-order chi connectivity index (χ0) is 19.8. The molecule has 2 aliphatic heterocycles. The minimum atomic E-state index is -0.203. The lowest BCUT2D eigenvalue weighted by molar-refractivity contribution is -0.127. The van der Waals surface area contributed by atoms with Crippen molar-refractivity contribution in [2.75, 3.05) is 45.8 Å². The maximum Gasteiger partial charge on any atom is 0.246 e. The second kappa shape index (κ2) is 10.8. The van der Waals surface area contributed by atoms with Crippen LogP contribution in [0, 0.1) is 5.92 Å². The van der Waals surface area contributed by atoms with Gasteiger partial charge in [0.25, 0.3) is 0 Å². The summed E-state index contributed by atoms with van der Waals surface area (Å²) in [5.74, 6) is 0.466. The summed E-state index contributed by atoms with van der Waals surface area (Å²) in [5.41, 5.74) is 0. The molecule has 2 amide bonds. The quantitative estimate of drug-likeness (QED) is 0.686. The molecule has 1 N–H and O–H groups in total. The molecule has 6 nitrogen and oxygen atoms in total. The average Bonchev–Trinajstić information content (AvgIpc) is 2.64. The van der Waals surface area contributed by atoms with Gasteiger partial charge in [-0.05, 0) is 59.4 Å². The van der Waals surface area contributed by atoms with Gasteiger partial charge >= 0.3 is 0 Å². The first-order valence-corrected chi connectivity index (χ1v) is 10.6. The summed E-state index contributed by atoms with van der Waals surface area (Å²) in [4.78, 5) is 30.9. The van der Waals surface area contributed by atoms with Crippen LogP contribution < -0.4 is 5.32 Å². The fourth-order valence-electron chi connectivity index (χ4n) is 3.90. The molecule has 2 fully saturated rings. The van der Waals surface area contributed by atoms with Crippen molar-refractivity contribution in [3.63, 3.8) is 0 Å². The SMILES string of the molecule is CC(C)NC(=O)/C=C/C(=O)N1CCC(CCN2CCN(C(C)C)CC2)CC1. The molecule has 2 rings (SSSR count). The van der Waals surface area contributed by atoms with Crippen molar-refractivity contribution in [2.45, 2.75) is 59.0 Å². The normalized spacial score (nSPS) is 20.7. The summed E-state index contributed by atoms with van der Waals surface area (Å²) < 4.78 is 0. The average molecular weight is 379 g/mol. The van der Waals surface area contributed by atoms with Crippen molar-refractivity contribution in [1.29, 1.82) is 0 Å². The summed E-state index contributed by atoms with van der Waals surface area (Å²) in [7, 11) is 0. The van der Waals surface area contributed by atoms with Crippen LogP contribution in [0.1, 0.15) is 47.0 Å². The molecular weight excluding hydrogens is 340 g/mol. The molecule has 2 aliphatic rings. The van der Waals surface area contributed by atoms with Gasteiger partial charge in [0, 0.05) is 63.5 Å². The largest absolute Gasteiger partial charge is 0.350 e. The van der Waals surface area contributed by atoms with E-state index in [2.05, 4.69) is 29.0 Å². The molecule has 154 valence electrons. The number of nitrogens with zero attached hydrogens (tertiary/aromatic N) is 3. The molecule has 0 radical (unpaired) electrons. The predicted octanol–water partition coefficient (Wildman–Crippen LogP) is 1.72. The lowest BCUT2D eigenvalue weighted by Gasteiger charge is -2.38. The summed E-state index contributed by atoms with van der Waals surface area (Å²) in [6.07, 6.45) is 6.14. The van der Waals surface area contributed by atoms with E-state index < -0.39 is 0 Å². The summed E-state index contributed by atoms with van der Waals surface area (Å²) >= 11 is 0. The van der Waals surface area contributed by atoms with Crippen LogP contribution in [-0.4, -0.2) is 84.4 Å². The molecule has 0 atom stereocenters. The van der Waals surface area contributed by atoms with Crippen molar-refractivity contribution in [2.24, 2.45) is 5.92 Å². The first-order chi connectivity index (χ1) is 12.8. The van der Waals surface area contributed by atoms with Crippen molar-refractivity contribution >= 4 is 11.8 Å². The first kappa shape index (κ1) is 21.9. The number of likely N-dealkylation sites (tertiary alicyclic amines) is 1. The Bertz CT molecular complexity index is 502. The van der Waals surface area contributed by atoms with Gasteiger partial charge in [-0.3, -0.25) is 14.5 Å². The van der Waals surface area contributed by atoms with Crippen LogP contribution in [0.25, 0.3) is 0 Å². The Hall–Kier alpha value is -1.40. The van der Waals surface area contributed by atoms with Crippen LogP contribution in [0.2, 0.25) is 0 Å².